The lowest BCUT2D eigenvalue weighted by Crippen LogP contribution is -2.23. The highest BCUT2D eigenvalue weighted by molar-refractivity contribution is 5.95. The number of hydrogen-bond acceptors (Lipinski definition) is 4. The maximum absolute atomic E-state index is 11.2. The Bertz CT molecular complexity index is 574. The third kappa shape index (κ3) is 3.16. The molecule has 0 fully saturated rings. The van der Waals surface area contributed by atoms with E-state index in [9.17, 15) is 9.70 Å². The molecular weight excluding hydrogens is 242 g/mol. The highest BCUT2D eigenvalue weighted by Gasteiger charge is 2.14. The summed E-state index contributed by atoms with van der Waals surface area (Å²) in [6.45, 7) is 0.531. The molecule has 0 saturated heterocycles. The average molecular weight is 255 g/mol. The molecule has 96 valence electrons. The Morgan fingerprint density at radius 2 is 2.00 bits per heavy atom. The van der Waals surface area contributed by atoms with Gasteiger partial charge in [0.05, 0.1) is 17.5 Å². The van der Waals surface area contributed by atoms with Gasteiger partial charge in [-0.25, -0.2) is 0 Å². The predicted octanol–water partition coefficient (Wildman–Crippen LogP) is 2.04. The Balaban J connectivity index is 2.27. The monoisotopic (exact) mass is 255 g/mol. The lowest BCUT2D eigenvalue weighted by Gasteiger charge is -2.24. The standard InChI is InChI=1S/C14H13N3O2/c15-14(18)12-6-7-13(8-16-19)17(10-12)9-11-4-2-1-3-5-11/h1-8,10H,9H2,(H2,15,18)/b13-8+. The average Bonchev–Trinajstić information content (AvgIpc) is 2.42. The van der Waals surface area contributed by atoms with Gasteiger partial charge in [-0.3, -0.25) is 4.79 Å². The van der Waals surface area contributed by atoms with E-state index in [4.69, 9.17) is 5.73 Å². The molecule has 0 saturated carbocycles. The highest BCUT2D eigenvalue weighted by Crippen LogP contribution is 2.20. The molecule has 1 heterocycles. The molecule has 1 aliphatic rings. The number of carbonyl (C=O) groups is 1. The van der Waals surface area contributed by atoms with Crippen LogP contribution in [0.25, 0.3) is 0 Å². The first-order valence-electron chi connectivity index (χ1n) is 5.73. The molecule has 1 aromatic rings. The molecule has 1 amide bonds. The number of rotatable bonds is 4. The number of benzene rings is 1. The van der Waals surface area contributed by atoms with Crippen molar-refractivity contribution in [3.63, 3.8) is 0 Å². The highest BCUT2D eigenvalue weighted by atomic mass is 16.2. The number of allylic oxidation sites excluding steroid dienone is 1. The third-order valence-electron chi connectivity index (χ3n) is 2.73. The molecular formula is C14H13N3O2. The molecule has 0 spiro atoms. The van der Waals surface area contributed by atoms with Crippen LogP contribution in [0.2, 0.25) is 0 Å². The van der Waals surface area contributed by atoms with Crippen LogP contribution in [0, 0.1) is 4.91 Å². The molecule has 2 N–H and O–H groups in total. The smallest absolute Gasteiger partial charge is 0.250 e. The van der Waals surface area contributed by atoms with E-state index in [2.05, 4.69) is 5.18 Å². The van der Waals surface area contributed by atoms with Crippen molar-refractivity contribution in [1.29, 1.82) is 0 Å². The van der Waals surface area contributed by atoms with Crippen molar-refractivity contribution >= 4 is 5.91 Å². The molecule has 0 aromatic heterocycles. The number of primary amides is 1. The largest absolute Gasteiger partial charge is 0.366 e. The van der Waals surface area contributed by atoms with Crippen molar-refractivity contribution in [1.82, 2.24) is 4.90 Å². The van der Waals surface area contributed by atoms with Crippen LogP contribution in [-0.4, -0.2) is 10.8 Å². The fourth-order valence-corrected chi connectivity index (χ4v) is 1.79. The van der Waals surface area contributed by atoms with Gasteiger partial charge < -0.3 is 10.6 Å². The van der Waals surface area contributed by atoms with Gasteiger partial charge in [-0.15, -0.1) is 4.91 Å². The van der Waals surface area contributed by atoms with Crippen LogP contribution in [0.15, 0.2) is 71.3 Å². The number of amides is 1. The lowest BCUT2D eigenvalue weighted by atomic mass is 10.1. The van der Waals surface area contributed by atoms with Gasteiger partial charge in [0.2, 0.25) is 5.91 Å². The Kier molecular flexibility index (Phi) is 3.87. The van der Waals surface area contributed by atoms with E-state index >= 15 is 0 Å². The van der Waals surface area contributed by atoms with E-state index in [-0.39, 0.29) is 0 Å². The summed E-state index contributed by atoms with van der Waals surface area (Å²) in [7, 11) is 0. The Labute approximate surface area is 110 Å². The van der Waals surface area contributed by atoms with Crippen LogP contribution in [-0.2, 0) is 11.3 Å². The maximum atomic E-state index is 11.2. The zero-order valence-corrected chi connectivity index (χ0v) is 10.2. The number of carbonyl (C=O) groups excluding carboxylic acids is 1. The van der Waals surface area contributed by atoms with Crippen molar-refractivity contribution in [3.05, 3.63) is 76.6 Å². The Morgan fingerprint density at radius 1 is 1.26 bits per heavy atom. The van der Waals surface area contributed by atoms with Crippen molar-refractivity contribution in [2.45, 2.75) is 6.54 Å². The van der Waals surface area contributed by atoms with Gasteiger partial charge in [-0.1, -0.05) is 30.3 Å². The molecule has 0 unspecified atom stereocenters. The molecule has 1 aliphatic heterocycles. The summed E-state index contributed by atoms with van der Waals surface area (Å²) >= 11 is 0. The second-order valence-electron chi connectivity index (χ2n) is 4.05. The van der Waals surface area contributed by atoms with E-state index in [0.29, 0.717) is 17.8 Å². The molecule has 2 rings (SSSR count). The van der Waals surface area contributed by atoms with Gasteiger partial charge in [0.15, 0.2) is 0 Å². The molecule has 1 aromatic carbocycles. The van der Waals surface area contributed by atoms with E-state index in [1.165, 1.54) is 6.20 Å². The van der Waals surface area contributed by atoms with Crippen molar-refractivity contribution < 1.29 is 4.79 Å². The molecule has 0 atom stereocenters. The Morgan fingerprint density at radius 3 is 2.63 bits per heavy atom. The zero-order chi connectivity index (χ0) is 13.7. The third-order valence-corrected chi connectivity index (χ3v) is 2.73. The van der Waals surface area contributed by atoms with Gasteiger partial charge in [0, 0.05) is 12.7 Å². The predicted molar refractivity (Wildman–Crippen MR) is 72.3 cm³/mol. The lowest BCUT2D eigenvalue weighted by molar-refractivity contribution is -0.114. The van der Waals surface area contributed by atoms with Crippen molar-refractivity contribution in [2.75, 3.05) is 0 Å². The normalized spacial score (nSPS) is 16.3. The second kappa shape index (κ2) is 5.77. The van der Waals surface area contributed by atoms with Gasteiger partial charge in [0.25, 0.3) is 0 Å². The van der Waals surface area contributed by atoms with Gasteiger partial charge in [0.1, 0.15) is 0 Å². The fraction of sp³-hybridized carbons (Fsp3) is 0.0714. The first-order valence-corrected chi connectivity index (χ1v) is 5.73. The molecule has 19 heavy (non-hydrogen) atoms. The minimum atomic E-state index is -0.507. The maximum Gasteiger partial charge on any atom is 0.250 e. The molecule has 0 bridgehead atoms. The number of nitroso groups, excluding NO2 is 1. The molecule has 0 aliphatic carbocycles. The van der Waals surface area contributed by atoms with E-state index in [0.717, 1.165) is 5.56 Å². The van der Waals surface area contributed by atoms with E-state index in [1.807, 2.05) is 30.3 Å². The van der Waals surface area contributed by atoms with Gasteiger partial charge >= 0.3 is 0 Å². The second-order valence-corrected chi connectivity index (χ2v) is 4.05. The van der Waals surface area contributed by atoms with Crippen LogP contribution in [0.4, 0.5) is 0 Å². The number of hydrogen-bond donors (Lipinski definition) is 1. The van der Waals surface area contributed by atoms with E-state index in [1.54, 1.807) is 23.3 Å². The van der Waals surface area contributed by atoms with Gasteiger partial charge in [-0.05, 0) is 22.9 Å². The topological polar surface area (TPSA) is 75.8 Å². The summed E-state index contributed by atoms with van der Waals surface area (Å²) in [6.07, 6.45) is 6.03. The first-order chi connectivity index (χ1) is 9.20. The Hall–Kier alpha value is -2.69. The SMILES string of the molecule is NC(=O)C1=CN(Cc2ccccc2)/C(=C/N=O)C=C1. The summed E-state index contributed by atoms with van der Waals surface area (Å²) in [5, 5.41) is 2.77. The zero-order valence-electron chi connectivity index (χ0n) is 10.2. The molecule has 0 radical (unpaired) electrons. The fourth-order valence-electron chi connectivity index (χ4n) is 1.79. The minimum absolute atomic E-state index is 0.388. The van der Waals surface area contributed by atoms with Gasteiger partial charge in [-0.2, -0.15) is 0 Å². The van der Waals surface area contributed by atoms with Crippen LogP contribution in [0.3, 0.4) is 0 Å². The molecule has 5 nitrogen and oxygen atoms in total. The molecule has 5 heteroatoms. The van der Waals surface area contributed by atoms with E-state index < -0.39 is 5.91 Å². The minimum Gasteiger partial charge on any atom is -0.366 e. The number of nitrogens with two attached hydrogens (primary N) is 1. The van der Waals surface area contributed by atoms with Crippen LogP contribution < -0.4 is 5.73 Å². The quantitative estimate of drug-likeness (QED) is 0.836. The summed E-state index contributed by atoms with van der Waals surface area (Å²) < 4.78 is 0. The van der Waals surface area contributed by atoms with Crippen molar-refractivity contribution in [2.24, 2.45) is 10.9 Å². The number of nitrogens with zero attached hydrogens (tertiary/aromatic N) is 2. The van der Waals surface area contributed by atoms with Crippen molar-refractivity contribution in [3.8, 4) is 0 Å². The van der Waals surface area contributed by atoms with Crippen LogP contribution >= 0.6 is 0 Å². The summed E-state index contributed by atoms with van der Waals surface area (Å²) in [4.78, 5) is 23.3. The van der Waals surface area contributed by atoms with Crippen LogP contribution in [0.5, 0.6) is 0 Å². The summed E-state index contributed by atoms with van der Waals surface area (Å²) in [5.74, 6) is -0.507. The first kappa shape index (κ1) is 12.8. The summed E-state index contributed by atoms with van der Waals surface area (Å²) in [5.41, 5.74) is 7.31. The van der Waals surface area contributed by atoms with Crippen LogP contribution in [0.1, 0.15) is 5.56 Å². The summed E-state index contributed by atoms with van der Waals surface area (Å²) in [6, 6.07) is 9.70.